The smallest absolute Gasteiger partial charge is 0.263 e. The lowest BCUT2D eigenvalue weighted by Gasteiger charge is -2.05. The van der Waals surface area contributed by atoms with E-state index in [9.17, 15) is 13.5 Å². The minimum absolute atomic E-state index is 0.166. The van der Waals surface area contributed by atoms with Crippen LogP contribution in [0.2, 0.25) is 5.15 Å². The summed E-state index contributed by atoms with van der Waals surface area (Å²) in [4.78, 5) is 22.3. The third-order valence-corrected chi connectivity index (χ3v) is 2.66. The van der Waals surface area contributed by atoms with Crippen LogP contribution in [0, 0.1) is 0 Å². The van der Waals surface area contributed by atoms with Crippen molar-refractivity contribution in [3.05, 3.63) is 33.2 Å². The topological polar surface area (TPSA) is 39.1 Å². The van der Waals surface area contributed by atoms with Crippen LogP contribution < -0.4 is 5.56 Å². The summed E-state index contributed by atoms with van der Waals surface area (Å²) < 4.78 is 12.9. The van der Waals surface area contributed by atoms with Crippen LogP contribution in [0.1, 0.15) is 23.7 Å². The monoisotopic (exact) mass is 235 g/mol. The molecule has 3 nitrogen and oxygen atoms in total. The van der Waals surface area contributed by atoms with Crippen molar-refractivity contribution in [2.45, 2.75) is 13.3 Å². The second kappa shape index (κ2) is 4.61. The van der Waals surface area contributed by atoms with Crippen LogP contribution in [0.4, 0.5) is 3.89 Å². The highest BCUT2D eigenvalue weighted by Crippen LogP contribution is 2.19. The summed E-state index contributed by atoms with van der Waals surface area (Å²) in [6.45, 7) is 1.66. The molecule has 0 saturated heterocycles. The number of halogens is 2. The molecule has 0 aliphatic rings. The van der Waals surface area contributed by atoms with Crippen LogP contribution in [0.3, 0.4) is 0 Å². The van der Waals surface area contributed by atoms with Gasteiger partial charge in [0.2, 0.25) is 0 Å². The number of carbonyl (C=O) groups is 1. The minimum atomic E-state index is -0.588. The Balaban J connectivity index is 3.35. The van der Waals surface area contributed by atoms with Crippen LogP contribution in [0.5, 0.6) is 0 Å². The molecule has 0 bridgehead atoms. The van der Waals surface area contributed by atoms with Gasteiger partial charge in [0.05, 0.1) is 5.56 Å². The zero-order valence-electron chi connectivity index (χ0n) is 7.29. The van der Waals surface area contributed by atoms with Gasteiger partial charge in [-0.05, 0) is 6.07 Å². The average molecular weight is 236 g/mol. The summed E-state index contributed by atoms with van der Waals surface area (Å²) in [5.41, 5.74) is -0.422. The SMILES string of the molecule is CCC(=O)c1ccc(=O)n(SF)c1Cl. The minimum Gasteiger partial charge on any atom is -0.294 e. The van der Waals surface area contributed by atoms with Gasteiger partial charge < -0.3 is 0 Å². The number of nitrogens with zero attached hydrogens (tertiary/aromatic N) is 1. The largest absolute Gasteiger partial charge is 0.294 e. The molecular weight excluding hydrogens is 229 g/mol. The quantitative estimate of drug-likeness (QED) is 0.597. The van der Waals surface area contributed by atoms with Crippen LogP contribution in [0.15, 0.2) is 16.9 Å². The molecule has 0 aromatic carbocycles. The van der Waals surface area contributed by atoms with Gasteiger partial charge in [0, 0.05) is 12.5 Å². The van der Waals surface area contributed by atoms with Crippen molar-refractivity contribution in [1.29, 1.82) is 0 Å². The Labute approximate surface area is 89.3 Å². The fraction of sp³-hybridized carbons (Fsp3) is 0.250. The molecule has 0 amide bonds. The van der Waals surface area contributed by atoms with Crippen molar-refractivity contribution in [3.63, 3.8) is 0 Å². The van der Waals surface area contributed by atoms with E-state index in [-0.39, 0.29) is 35.3 Å². The second-order valence-corrected chi connectivity index (χ2v) is 3.38. The third-order valence-electron chi connectivity index (χ3n) is 1.68. The first kappa shape index (κ1) is 11.3. The van der Waals surface area contributed by atoms with E-state index in [1.165, 1.54) is 6.07 Å². The molecule has 1 rings (SSSR count). The number of rotatable bonds is 3. The summed E-state index contributed by atoms with van der Waals surface area (Å²) >= 11 is 5.35. The Morgan fingerprint density at radius 2 is 2.29 bits per heavy atom. The van der Waals surface area contributed by atoms with Gasteiger partial charge in [-0.1, -0.05) is 18.5 Å². The summed E-state index contributed by atoms with van der Waals surface area (Å²) in [6, 6.07) is 2.42. The zero-order valence-corrected chi connectivity index (χ0v) is 8.86. The number of hydrogen-bond acceptors (Lipinski definition) is 3. The third kappa shape index (κ3) is 1.99. The number of ketones is 1. The van der Waals surface area contributed by atoms with E-state index in [4.69, 9.17) is 11.6 Å². The van der Waals surface area contributed by atoms with Crippen molar-refractivity contribution in [2.75, 3.05) is 0 Å². The highest BCUT2D eigenvalue weighted by Gasteiger charge is 2.13. The van der Waals surface area contributed by atoms with Crippen molar-refractivity contribution >= 4 is 29.7 Å². The van der Waals surface area contributed by atoms with Crippen LogP contribution >= 0.6 is 23.9 Å². The predicted molar refractivity (Wildman–Crippen MR) is 54.4 cm³/mol. The van der Waals surface area contributed by atoms with Crippen molar-refractivity contribution in [1.82, 2.24) is 3.97 Å². The highest BCUT2D eigenvalue weighted by molar-refractivity contribution is 7.92. The van der Waals surface area contributed by atoms with Gasteiger partial charge >= 0.3 is 0 Å². The maximum absolute atomic E-state index is 12.3. The first-order chi connectivity index (χ1) is 6.61. The maximum Gasteiger partial charge on any atom is 0.263 e. The van der Waals surface area contributed by atoms with Crippen molar-refractivity contribution in [2.24, 2.45) is 0 Å². The molecule has 0 spiro atoms. The number of carbonyl (C=O) groups excluding carboxylic acids is 1. The van der Waals surface area contributed by atoms with E-state index in [2.05, 4.69) is 0 Å². The first-order valence-electron chi connectivity index (χ1n) is 3.85. The summed E-state index contributed by atoms with van der Waals surface area (Å²) in [7, 11) is 0. The maximum atomic E-state index is 12.3. The Morgan fingerprint density at radius 1 is 1.64 bits per heavy atom. The average Bonchev–Trinajstić information content (AvgIpc) is 2.18. The fourth-order valence-electron chi connectivity index (χ4n) is 0.960. The van der Waals surface area contributed by atoms with E-state index in [0.717, 1.165) is 6.07 Å². The molecule has 0 radical (unpaired) electrons. The lowest BCUT2D eigenvalue weighted by atomic mass is 10.1. The van der Waals surface area contributed by atoms with Gasteiger partial charge in [-0.15, -0.1) is 3.89 Å². The molecule has 6 heteroatoms. The molecule has 14 heavy (non-hydrogen) atoms. The molecule has 1 heterocycles. The molecule has 0 aliphatic carbocycles. The van der Waals surface area contributed by atoms with Gasteiger partial charge in [-0.2, -0.15) is 0 Å². The Morgan fingerprint density at radius 3 is 2.79 bits per heavy atom. The lowest BCUT2D eigenvalue weighted by molar-refractivity contribution is 0.0988. The van der Waals surface area contributed by atoms with Crippen LogP contribution in [-0.2, 0) is 0 Å². The number of hydrogen-bond donors (Lipinski definition) is 0. The molecule has 76 valence electrons. The predicted octanol–water partition coefficient (Wildman–Crippen LogP) is 2.48. The molecule has 0 N–H and O–H groups in total. The van der Waals surface area contributed by atoms with E-state index >= 15 is 0 Å². The normalized spacial score (nSPS) is 10.2. The Hall–Kier alpha value is -0.810. The molecule has 0 saturated carbocycles. The molecule has 0 fully saturated rings. The van der Waals surface area contributed by atoms with Crippen LogP contribution in [-0.4, -0.2) is 9.76 Å². The van der Waals surface area contributed by atoms with Gasteiger partial charge in [0.15, 0.2) is 18.1 Å². The number of pyridine rings is 1. The number of Topliss-reactive ketones (excluding diaryl/α,β-unsaturated/α-hetero) is 1. The van der Waals surface area contributed by atoms with Gasteiger partial charge in [-0.25, -0.2) is 3.97 Å². The van der Waals surface area contributed by atoms with E-state index in [1.54, 1.807) is 6.92 Å². The van der Waals surface area contributed by atoms with E-state index in [0.29, 0.717) is 3.97 Å². The Kier molecular flexibility index (Phi) is 3.71. The van der Waals surface area contributed by atoms with Gasteiger partial charge in [0.25, 0.3) is 5.56 Å². The van der Waals surface area contributed by atoms with E-state index < -0.39 is 5.56 Å². The standard InChI is InChI=1S/C8H7ClFNO2S/c1-2-6(12)5-3-4-7(13)11(14-10)8(5)9/h3-4H,2H2,1H3. The molecule has 0 atom stereocenters. The van der Waals surface area contributed by atoms with Crippen LogP contribution in [0.25, 0.3) is 0 Å². The lowest BCUT2D eigenvalue weighted by Crippen LogP contribution is -2.16. The number of aromatic nitrogens is 1. The second-order valence-electron chi connectivity index (χ2n) is 2.52. The molecule has 0 aliphatic heterocycles. The molecule has 1 aromatic rings. The van der Waals surface area contributed by atoms with Gasteiger partial charge in [0.1, 0.15) is 5.15 Å². The van der Waals surface area contributed by atoms with Gasteiger partial charge in [-0.3, -0.25) is 9.59 Å². The summed E-state index contributed by atoms with van der Waals surface area (Å²) in [6.07, 6.45) is 0.259. The zero-order chi connectivity index (χ0) is 10.7. The Bertz CT molecular complexity index is 418. The molecule has 0 unspecified atom stereocenters. The van der Waals surface area contributed by atoms with Crippen molar-refractivity contribution < 1.29 is 8.68 Å². The fourth-order valence-corrected chi connectivity index (χ4v) is 1.58. The first-order valence-corrected chi connectivity index (χ1v) is 4.90. The summed E-state index contributed by atoms with van der Waals surface area (Å²) in [5, 5.41) is -0.170. The molecular formula is C8H7ClFNO2S. The van der Waals surface area contributed by atoms with Crippen molar-refractivity contribution in [3.8, 4) is 0 Å². The van der Waals surface area contributed by atoms with E-state index in [1.807, 2.05) is 0 Å². The molecule has 1 aromatic heterocycles. The summed E-state index contributed by atoms with van der Waals surface area (Å²) in [5.74, 6) is -0.224. The highest BCUT2D eigenvalue weighted by atomic mass is 35.5.